The molecule has 2 rings (SSSR count). The van der Waals surface area contributed by atoms with Crippen molar-refractivity contribution in [3.05, 3.63) is 24.3 Å². The standard InChI is InChI=1S/C12H13NO2S/c1-8(14)7-13-10-5-3-4-6-11(10)16-9(2)12(13)15/h3-6,9H,7H2,1-2H3. The molecule has 0 saturated carbocycles. The Morgan fingerprint density at radius 2 is 2.12 bits per heavy atom. The summed E-state index contributed by atoms with van der Waals surface area (Å²) in [7, 11) is 0. The average molecular weight is 235 g/mol. The van der Waals surface area contributed by atoms with Gasteiger partial charge in [-0.05, 0) is 26.0 Å². The fourth-order valence-corrected chi connectivity index (χ4v) is 2.81. The minimum atomic E-state index is -0.116. The van der Waals surface area contributed by atoms with E-state index in [4.69, 9.17) is 0 Å². The Morgan fingerprint density at radius 1 is 1.44 bits per heavy atom. The molecule has 1 heterocycles. The molecule has 1 aliphatic rings. The fraction of sp³-hybridized carbons (Fsp3) is 0.333. The Labute approximate surface area is 98.8 Å². The average Bonchev–Trinajstić information content (AvgIpc) is 2.24. The number of thioether (sulfide) groups is 1. The van der Waals surface area contributed by atoms with Crippen LogP contribution in [0.4, 0.5) is 5.69 Å². The molecular weight excluding hydrogens is 222 g/mol. The predicted octanol–water partition coefficient (Wildman–Crippen LogP) is 2.10. The number of hydrogen-bond donors (Lipinski definition) is 0. The lowest BCUT2D eigenvalue weighted by molar-refractivity contribution is -0.121. The Kier molecular flexibility index (Phi) is 3.01. The normalized spacial score (nSPS) is 19.5. The van der Waals surface area contributed by atoms with Crippen LogP contribution < -0.4 is 4.90 Å². The fourth-order valence-electron chi connectivity index (χ4n) is 1.74. The van der Waals surface area contributed by atoms with Gasteiger partial charge in [-0.3, -0.25) is 9.59 Å². The van der Waals surface area contributed by atoms with E-state index in [1.807, 2.05) is 31.2 Å². The van der Waals surface area contributed by atoms with Gasteiger partial charge >= 0.3 is 0 Å². The lowest BCUT2D eigenvalue weighted by Crippen LogP contribution is -2.42. The molecule has 1 aromatic carbocycles. The number of ketones is 1. The molecule has 1 aliphatic heterocycles. The van der Waals surface area contributed by atoms with Crippen molar-refractivity contribution >= 4 is 29.1 Å². The van der Waals surface area contributed by atoms with Crippen molar-refractivity contribution in [3.63, 3.8) is 0 Å². The van der Waals surface area contributed by atoms with E-state index in [0.29, 0.717) is 0 Å². The lowest BCUT2D eigenvalue weighted by atomic mass is 10.2. The zero-order chi connectivity index (χ0) is 11.7. The summed E-state index contributed by atoms with van der Waals surface area (Å²) in [5.41, 5.74) is 0.853. The summed E-state index contributed by atoms with van der Waals surface area (Å²) in [6, 6.07) is 7.70. The van der Waals surface area contributed by atoms with Crippen LogP contribution in [-0.2, 0) is 9.59 Å². The van der Waals surface area contributed by atoms with Gasteiger partial charge < -0.3 is 4.90 Å². The van der Waals surface area contributed by atoms with Crippen molar-refractivity contribution in [2.45, 2.75) is 24.0 Å². The lowest BCUT2D eigenvalue weighted by Gasteiger charge is -2.31. The molecule has 1 aromatic rings. The van der Waals surface area contributed by atoms with Gasteiger partial charge in [0.1, 0.15) is 5.78 Å². The monoisotopic (exact) mass is 235 g/mol. The summed E-state index contributed by atoms with van der Waals surface area (Å²) in [6.07, 6.45) is 0. The number of amides is 1. The van der Waals surface area contributed by atoms with Gasteiger partial charge in [0.15, 0.2) is 0 Å². The van der Waals surface area contributed by atoms with E-state index >= 15 is 0 Å². The summed E-state index contributed by atoms with van der Waals surface area (Å²) in [6.45, 7) is 3.54. The van der Waals surface area contributed by atoms with Crippen molar-refractivity contribution in [2.24, 2.45) is 0 Å². The van der Waals surface area contributed by atoms with Gasteiger partial charge in [0.25, 0.3) is 0 Å². The number of Topliss-reactive ketones (excluding diaryl/α,β-unsaturated/α-hetero) is 1. The maximum Gasteiger partial charge on any atom is 0.240 e. The first-order chi connectivity index (χ1) is 7.59. The highest BCUT2D eigenvalue weighted by Gasteiger charge is 2.30. The highest BCUT2D eigenvalue weighted by atomic mass is 32.2. The molecule has 84 valence electrons. The van der Waals surface area contributed by atoms with Crippen LogP contribution >= 0.6 is 11.8 Å². The molecule has 0 radical (unpaired) electrons. The number of anilines is 1. The third-order valence-electron chi connectivity index (χ3n) is 2.45. The van der Waals surface area contributed by atoms with E-state index in [0.717, 1.165) is 10.6 Å². The third kappa shape index (κ3) is 1.97. The maximum absolute atomic E-state index is 12.0. The number of rotatable bonds is 2. The zero-order valence-electron chi connectivity index (χ0n) is 9.27. The van der Waals surface area contributed by atoms with Crippen molar-refractivity contribution in [1.29, 1.82) is 0 Å². The highest BCUT2D eigenvalue weighted by Crippen LogP contribution is 2.38. The van der Waals surface area contributed by atoms with Crippen LogP contribution in [0.15, 0.2) is 29.2 Å². The molecule has 0 N–H and O–H groups in total. The van der Waals surface area contributed by atoms with Crippen molar-refractivity contribution in [3.8, 4) is 0 Å². The van der Waals surface area contributed by atoms with Gasteiger partial charge in [0.2, 0.25) is 5.91 Å². The third-order valence-corrected chi connectivity index (χ3v) is 3.61. The predicted molar refractivity (Wildman–Crippen MR) is 64.8 cm³/mol. The van der Waals surface area contributed by atoms with E-state index in [2.05, 4.69) is 0 Å². The molecule has 0 fully saturated rings. The summed E-state index contributed by atoms with van der Waals surface area (Å²) in [5, 5.41) is -0.116. The van der Waals surface area contributed by atoms with Gasteiger partial charge in [-0.1, -0.05) is 12.1 Å². The molecule has 0 bridgehead atoms. The van der Waals surface area contributed by atoms with Crippen LogP contribution in [0.1, 0.15) is 13.8 Å². The number of carbonyl (C=O) groups excluding carboxylic acids is 2. The van der Waals surface area contributed by atoms with Crippen LogP contribution in [0, 0.1) is 0 Å². The molecule has 16 heavy (non-hydrogen) atoms. The highest BCUT2D eigenvalue weighted by molar-refractivity contribution is 8.00. The Bertz CT molecular complexity index is 444. The van der Waals surface area contributed by atoms with E-state index < -0.39 is 0 Å². The van der Waals surface area contributed by atoms with E-state index in [-0.39, 0.29) is 23.5 Å². The van der Waals surface area contributed by atoms with Gasteiger partial charge in [-0.15, -0.1) is 11.8 Å². The van der Waals surface area contributed by atoms with Crippen LogP contribution in [0.5, 0.6) is 0 Å². The quantitative estimate of drug-likeness (QED) is 0.787. The number of hydrogen-bond acceptors (Lipinski definition) is 3. The second kappa shape index (κ2) is 4.29. The number of nitrogens with zero attached hydrogens (tertiary/aromatic N) is 1. The van der Waals surface area contributed by atoms with Crippen LogP contribution in [0.2, 0.25) is 0 Å². The summed E-state index contributed by atoms with van der Waals surface area (Å²) < 4.78 is 0. The van der Waals surface area contributed by atoms with Crippen molar-refractivity contribution < 1.29 is 9.59 Å². The minimum absolute atomic E-state index is 0.00209. The first kappa shape index (κ1) is 11.2. The van der Waals surface area contributed by atoms with E-state index in [1.165, 1.54) is 6.92 Å². The first-order valence-corrected chi connectivity index (χ1v) is 6.04. The smallest absolute Gasteiger partial charge is 0.240 e. The van der Waals surface area contributed by atoms with E-state index in [1.54, 1.807) is 16.7 Å². The Hall–Kier alpha value is -1.29. The molecule has 1 unspecified atom stereocenters. The van der Waals surface area contributed by atoms with Gasteiger partial charge in [-0.25, -0.2) is 0 Å². The molecule has 4 heteroatoms. The first-order valence-electron chi connectivity index (χ1n) is 5.16. The molecule has 0 spiro atoms. The SMILES string of the molecule is CC(=O)CN1C(=O)C(C)Sc2ccccc21. The topological polar surface area (TPSA) is 37.4 Å². The molecule has 1 atom stereocenters. The number of benzene rings is 1. The largest absolute Gasteiger partial charge is 0.303 e. The van der Waals surface area contributed by atoms with Crippen LogP contribution in [-0.4, -0.2) is 23.5 Å². The molecule has 0 aliphatic carbocycles. The number of carbonyl (C=O) groups is 2. The molecule has 1 amide bonds. The van der Waals surface area contributed by atoms with Crippen LogP contribution in [0.3, 0.4) is 0 Å². The summed E-state index contributed by atoms with van der Waals surface area (Å²) >= 11 is 1.55. The van der Waals surface area contributed by atoms with Gasteiger partial charge in [0.05, 0.1) is 17.5 Å². The second-order valence-corrected chi connectivity index (χ2v) is 5.24. The zero-order valence-corrected chi connectivity index (χ0v) is 10.1. The molecular formula is C12H13NO2S. The molecule has 0 saturated heterocycles. The van der Waals surface area contributed by atoms with Crippen molar-refractivity contribution in [1.82, 2.24) is 0 Å². The van der Waals surface area contributed by atoms with Gasteiger partial charge in [-0.2, -0.15) is 0 Å². The van der Waals surface area contributed by atoms with Gasteiger partial charge in [0, 0.05) is 4.90 Å². The number of para-hydroxylation sites is 1. The number of fused-ring (bicyclic) bond motifs is 1. The molecule has 3 nitrogen and oxygen atoms in total. The van der Waals surface area contributed by atoms with Crippen molar-refractivity contribution in [2.75, 3.05) is 11.4 Å². The Morgan fingerprint density at radius 3 is 2.81 bits per heavy atom. The van der Waals surface area contributed by atoms with Crippen LogP contribution in [0.25, 0.3) is 0 Å². The van der Waals surface area contributed by atoms with E-state index in [9.17, 15) is 9.59 Å². The molecule has 0 aromatic heterocycles. The summed E-state index contributed by atoms with van der Waals surface area (Å²) in [5.74, 6) is 0.0150. The minimum Gasteiger partial charge on any atom is -0.303 e. The second-order valence-electron chi connectivity index (χ2n) is 3.85. The maximum atomic E-state index is 12.0. The summed E-state index contributed by atoms with van der Waals surface area (Å²) in [4.78, 5) is 25.8. The Balaban J connectivity index is 2.41.